The molecule has 5 rings (SSSR count). The van der Waals surface area contributed by atoms with Gasteiger partial charge in [0.1, 0.15) is 0 Å². The van der Waals surface area contributed by atoms with Gasteiger partial charge < -0.3 is 14.9 Å². The number of hydrogen-bond acceptors (Lipinski definition) is 6. The summed E-state index contributed by atoms with van der Waals surface area (Å²) in [5.41, 5.74) is 4.51. The summed E-state index contributed by atoms with van der Waals surface area (Å²) in [5, 5.41) is 11.7. The lowest BCUT2D eigenvalue weighted by Gasteiger charge is -2.34. The van der Waals surface area contributed by atoms with E-state index in [9.17, 15) is 9.90 Å². The first-order chi connectivity index (χ1) is 14.6. The number of aromatic amines is 1. The van der Waals surface area contributed by atoms with Gasteiger partial charge in [0.25, 0.3) is 0 Å². The Morgan fingerprint density at radius 3 is 2.57 bits per heavy atom. The highest BCUT2D eigenvalue weighted by atomic mass is 32.1. The number of H-pyrrole nitrogens is 1. The van der Waals surface area contributed by atoms with Crippen molar-refractivity contribution in [3.63, 3.8) is 0 Å². The molecule has 0 radical (unpaired) electrons. The van der Waals surface area contributed by atoms with Crippen LogP contribution >= 0.6 is 11.3 Å². The van der Waals surface area contributed by atoms with Crippen molar-refractivity contribution in [1.29, 1.82) is 0 Å². The number of aromatic nitrogens is 1. The molecule has 2 aromatic carbocycles. The standard InChI is InChI=1S/C23H22N4O2S/c1-26-8-10-27(11-9-26)17-5-3-16(4-6-17)19-14-24-20-7-2-15(12-18(19)20)13-21-22(28)25-23(29)30-21/h2-7,12-14,28H,8-11H2,1H3,(H,25,29)/b15-13-. The maximum atomic E-state index is 11.4. The van der Waals surface area contributed by atoms with Crippen molar-refractivity contribution in [3.05, 3.63) is 84.9 Å². The molecule has 0 spiro atoms. The van der Waals surface area contributed by atoms with Crippen molar-refractivity contribution < 1.29 is 5.11 Å². The quantitative estimate of drug-likeness (QED) is 0.680. The Kier molecular flexibility index (Phi) is 4.77. The molecule has 2 aliphatic heterocycles. The van der Waals surface area contributed by atoms with Gasteiger partial charge in [0, 0.05) is 49.2 Å². The van der Waals surface area contributed by atoms with Crippen LogP contribution in [0.2, 0.25) is 0 Å². The van der Waals surface area contributed by atoms with Crippen LogP contribution in [0.25, 0.3) is 11.6 Å². The predicted octanol–water partition coefficient (Wildman–Crippen LogP) is 1.75. The minimum Gasteiger partial charge on any atom is -0.493 e. The molecule has 0 amide bonds. The lowest BCUT2D eigenvalue weighted by atomic mass is 9.98. The Morgan fingerprint density at radius 1 is 1.10 bits per heavy atom. The van der Waals surface area contributed by atoms with Gasteiger partial charge in [0.15, 0.2) is 0 Å². The van der Waals surface area contributed by atoms with E-state index in [1.54, 1.807) is 0 Å². The molecule has 0 aliphatic carbocycles. The molecule has 152 valence electrons. The predicted molar refractivity (Wildman–Crippen MR) is 121 cm³/mol. The molecule has 0 atom stereocenters. The lowest BCUT2D eigenvalue weighted by molar-refractivity contribution is 0.313. The maximum absolute atomic E-state index is 11.4. The number of hydrogen-bond donors (Lipinski definition) is 2. The molecular weight excluding hydrogens is 396 g/mol. The highest BCUT2D eigenvalue weighted by molar-refractivity contribution is 7.10. The molecule has 0 bridgehead atoms. The average Bonchev–Trinajstić information content (AvgIpc) is 3.31. The van der Waals surface area contributed by atoms with Crippen molar-refractivity contribution in [2.24, 2.45) is 4.99 Å². The van der Waals surface area contributed by atoms with Gasteiger partial charge in [-0.2, -0.15) is 0 Å². The third kappa shape index (κ3) is 3.58. The summed E-state index contributed by atoms with van der Waals surface area (Å²) < 4.78 is 0. The van der Waals surface area contributed by atoms with E-state index >= 15 is 0 Å². The lowest BCUT2D eigenvalue weighted by Crippen LogP contribution is -2.44. The Bertz CT molecular complexity index is 1300. The van der Waals surface area contributed by atoms with Gasteiger partial charge in [-0.05, 0) is 48.2 Å². The number of piperazine rings is 1. The second kappa shape index (κ2) is 7.59. The van der Waals surface area contributed by atoms with Crippen molar-refractivity contribution in [1.82, 2.24) is 9.88 Å². The average molecular weight is 419 g/mol. The minimum atomic E-state index is -0.268. The van der Waals surface area contributed by atoms with Crippen LogP contribution in [0.4, 0.5) is 5.69 Å². The third-order valence-electron chi connectivity index (χ3n) is 5.64. The molecule has 3 heterocycles. The highest BCUT2D eigenvalue weighted by Gasteiger charge is 2.16. The summed E-state index contributed by atoms with van der Waals surface area (Å²) in [6, 6.07) is 14.6. The highest BCUT2D eigenvalue weighted by Crippen LogP contribution is 2.26. The van der Waals surface area contributed by atoms with Crippen LogP contribution in [-0.4, -0.2) is 48.2 Å². The number of rotatable bonds is 3. The Labute approximate surface area is 177 Å². The van der Waals surface area contributed by atoms with Crippen molar-refractivity contribution in [3.8, 4) is 5.88 Å². The second-order valence-electron chi connectivity index (χ2n) is 7.66. The zero-order valence-corrected chi connectivity index (χ0v) is 17.4. The van der Waals surface area contributed by atoms with Gasteiger partial charge in [-0.3, -0.25) is 14.8 Å². The molecule has 0 saturated carbocycles. The smallest absolute Gasteiger partial charge is 0.307 e. The van der Waals surface area contributed by atoms with Crippen LogP contribution in [0.1, 0.15) is 16.0 Å². The van der Waals surface area contributed by atoms with Crippen LogP contribution in [-0.2, 0) is 0 Å². The van der Waals surface area contributed by atoms with E-state index in [2.05, 4.69) is 57.2 Å². The fourth-order valence-corrected chi connectivity index (χ4v) is 4.59. The van der Waals surface area contributed by atoms with Crippen molar-refractivity contribution in [2.75, 3.05) is 38.1 Å². The van der Waals surface area contributed by atoms with Crippen LogP contribution in [0.15, 0.2) is 58.5 Å². The van der Waals surface area contributed by atoms with E-state index in [0.717, 1.165) is 64.8 Å². The summed E-state index contributed by atoms with van der Waals surface area (Å²) >= 11 is 0.992. The van der Waals surface area contributed by atoms with E-state index in [1.165, 1.54) is 5.69 Å². The first-order valence-electron chi connectivity index (χ1n) is 9.93. The molecule has 1 aromatic heterocycles. The van der Waals surface area contributed by atoms with Gasteiger partial charge in [-0.25, -0.2) is 0 Å². The van der Waals surface area contributed by atoms with Gasteiger partial charge >= 0.3 is 4.87 Å². The number of thiazole rings is 1. The molecule has 1 fully saturated rings. The number of fused-ring (bicyclic) bond motifs is 1. The summed E-state index contributed by atoms with van der Waals surface area (Å²) in [4.78, 5) is 23.4. The molecular formula is C23H22N4O2S. The fraction of sp³-hybridized carbons (Fsp3) is 0.217. The molecule has 6 nitrogen and oxygen atoms in total. The minimum absolute atomic E-state index is 0.0922. The van der Waals surface area contributed by atoms with Crippen molar-refractivity contribution in [2.45, 2.75) is 0 Å². The van der Waals surface area contributed by atoms with Gasteiger partial charge in [0.2, 0.25) is 5.88 Å². The van der Waals surface area contributed by atoms with Crippen LogP contribution < -0.4 is 20.3 Å². The van der Waals surface area contributed by atoms with E-state index in [-0.39, 0.29) is 10.8 Å². The Balaban J connectivity index is 1.43. The van der Waals surface area contributed by atoms with Gasteiger partial charge in [-0.15, -0.1) is 0 Å². The van der Waals surface area contributed by atoms with E-state index in [1.807, 2.05) is 24.4 Å². The van der Waals surface area contributed by atoms with Gasteiger partial charge in [-0.1, -0.05) is 29.5 Å². The molecule has 7 heteroatoms. The van der Waals surface area contributed by atoms with Crippen LogP contribution in [0, 0.1) is 0 Å². The molecule has 2 N–H and O–H groups in total. The Hall–Kier alpha value is -3.16. The number of benzene rings is 2. The molecule has 1 saturated heterocycles. The topological polar surface area (TPSA) is 71.9 Å². The third-order valence-corrected chi connectivity index (χ3v) is 6.46. The number of anilines is 1. The van der Waals surface area contributed by atoms with Gasteiger partial charge in [0.05, 0.1) is 10.2 Å². The largest absolute Gasteiger partial charge is 0.493 e. The second-order valence-corrected chi connectivity index (χ2v) is 8.67. The first kappa shape index (κ1) is 18.8. The number of nitrogens with zero attached hydrogens (tertiary/aromatic N) is 3. The zero-order valence-electron chi connectivity index (χ0n) is 16.6. The van der Waals surface area contributed by atoms with Crippen molar-refractivity contribution >= 4 is 28.7 Å². The summed E-state index contributed by atoms with van der Waals surface area (Å²) in [6.07, 6.45) is 3.72. The summed E-state index contributed by atoms with van der Waals surface area (Å²) in [5.74, 6) is -0.0922. The molecule has 0 unspecified atom stereocenters. The summed E-state index contributed by atoms with van der Waals surface area (Å²) in [6.45, 7) is 4.27. The SMILES string of the molecule is CN1CCN(c2ccc(C3=CN=c4cc/c(=C/c5sc(=O)[nH]c5O)cc43)cc2)CC1. The van der Waals surface area contributed by atoms with Crippen LogP contribution in [0.3, 0.4) is 0 Å². The summed E-state index contributed by atoms with van der Waals surface area (Å²) in [7, 11) is 2.16. The maximum Gasteiger partial charge on any atom is 0.307 e. The van der Waals surface area contributed by atoms with E-state index < -0.39 is 0 Å². The molecule has 30 heavy (non-hydrogen) atoms. The van der Waals surface area contributed by atoms with E-state index in [4.69, 9.17) is 0 Å². The number of likely N-dealkylation sites (N-methyl/N-ethyl adjacent to an activating group) is 1. The number of aromatic hydroxyl groups is 1. The number of nitrogens with one attached hydrogen (secondary N) is 1. The zero-order chi connectivity index (χ0) is 20.7. The van der Waals surface area contributed by atoms with Crippen LogP contribution in [0.5, 0.6) is 5.88 Å². The van der Waals surface area contributed by atoms with E-state index in [0.29, 0.717) is 4.88 Å². The molecule has 3 aromatic rings. The Morgan fingerprint density at radius 2 is 1.87 bits per heavy atom. The normalized spacial score (nSPS) is 17.0. The first-order valence-corrected chi connectivity index (χ1v) is 10.7. The monoisotopic (exact) mass is 418 g/mol. The fourth-order valence-electron chi connectivity index (χ4n) is 3.90. The molecule has 2 aliphatic rings.